The van der Waals surface area contributed by atoms with E-state index >= 15 is 0 Å². The number of carbonyl (C=O) groups excluding carboxylic acids is 2. The molecule has 0 spiro atoms. The Bertz CT molecular complexity index is 681. The number of amides is 1. The quantitative estimate of drug-likeness (QED) is 0.825. The van der Waals surface area contributed by atoms with Crippen LogP contribution < -0.4 is 10.1 Å². The van der Waals surface area contributed by atoms with E-state index in [2.05, 4.69) is 15.6 Å². The van der Waals surface area contributed by atoms with Gasteiger partial charge in [-0.3, -0.25) is 9.59 Å². The van der Waals surface area contributed by atoms with Gasteiger partial charge in [0, 0.05) is 0 Å². The summed E-state index contributed by atoms with van der Waals surface area (Å²) < 4.78 is 6.89. The van der Waals surface area contributed by atoms with Crippen molar-refractivity contribution < 1.29 is 14.3 Å². The lowest BCUT2D eigenvalue weighted by Crippen LogP contribution is -2.25. The normalized spacial score (nSPS) is 11.8. The van der Waals surface area contributed by atoms with Gasteiger partial charge in [0.15, 0.2) is 6.29 Å². The van der Waals surface area contributed by atoms with Crippen molar-refractivity contribution in [3.05, 3.63) is 35.7 Å². The highest BCUT2D eigenvalue weighted by Crippen LogP contribution is 2.24. The molecule has 0 radical (unpaired) electrons. The minimum Gasteiger partial charge on any atom is -0.492 e. The van der Waals surface area contributed by atoms with Gasteiger partial charge in [0.1, 0.15) is 17.5 Å². The van der Waals surface area contributed by atoms with Crippen LogP contribution in [0.2, 0.25) is 0 Å². The Labute approximate surface area is 128 Å². The lowest BCUT2D eigenvalue weighted by Gasteiger charge is -2.15. The van der Waals surface area contributed by atoms with Crippen LogP contribution in [0.5, 0.6) is 5.75 Å². The van der Waals surface area contributed by atoms with Crippen molar-refractivity contribution in [3.63, 3.8) is 0 Å². The van der Waals surface area contributed by atoms with Crippen LogP contribution in [0.25, 0.3) is 0 Å². The van der Waals surface area contributed by atoms with Crippen LogP contribution in [0.1, 0.15) is 36.1 Å². The first-order valence-electron chi connectivity index (χ1n) is 6.98. The fourth-order valence-electron chi connectivity index (χ4n) is 2.03. The molecule has 2 aromatic rings. The molecule has 1 aromatic heterocycles. The van der Waals surface area contributed by atoms with Crippen molar-refractivity contribution in [3.8, 4) is 5.75 Å². The van der Waals surface area contributed by atoms with Crippen molar-refractivity contribution in [2.75, 3.05) is 11.9 Å². The molecule has 0 fully saturated rings. The summed E-state index contributed by atoms with van der Waals surface area (Å²) in [6.45, 7) is 5.77. The summed E-state index contributed by atoms with van der Waals surface area (Å²) in [4.78, 5) is 23.2. The minimum atomic E-state index is -0.601. The van der Waals surface area contributed by atoms with E-state index in [0.717, 1.165) is 0 Å². The number of nitrogens with one attached hydrogen (secondary N) is 1. The number of carbonyl (C=O) groups is 2. The number of hydrogen-bond acceptors (Lipinski definition) is 5. The molecule has 1 N–H and O–H groups in total. The second kappa shape index (κ2) is 6.84. The van der Waals surface area contributed by atoms with Crippen molar-refractivity contribution in [1.82, 2.24) is 15.0 Å². The first kappa shape index (κ1) is 15.7. The average Bonchev–Trinajstić information content (AvgIpc) is 2.89. The Morgan fingerprint density at radius 2 is 2.18 bits per heavy atom. The summed E-state index contributed by atoms with van der Waals surface area (Å²) >= 11 is 0. The summed E-state index contributed by atoms with van der Waals surface area (Å²) in [6, 6.07) is 6.60. The van der Waals surface area contributed by atoms with E-state index in [1.165, 1.54) is 4.68 Å². The molecular formula is C15H18N4O3. The standard InChI is InChI=1S/C15H18N4O3/c1-4-22-14-8-6-5-7-12(14)16-15(21)11(3)19-10(2)13(9-20)17-18-19/h5-9,11H,4H2,1-3H3,(H,16,21). The maximum absolute atomic E-state index is 12.4. The molecule has 0 bridgehead atoms. The Balaban J connectivity index is 2.18. The molecule has 0 saturated carbocycles. The number of hydrogen-bond donors (Lipinski definition) is 1. The molecule has 1 unspecified atom stereocenters. The maximum atomic E-state index is 12.4. The number of para-hydroxylation sites is 2. The average molecular weight is 302 g/mol. The molecule has 22 heavy (non-hydrogen) atoms. The Morgan fingerprint density at radius 3 is 2.82 bits per heavy atom. The van der Waals surface area contributed by atoms with E-state index in [9.17, 15) is 9.59 Å². The molecule has 116 valence electrons. The van der Waals surface area contributed by atoms with Gasteiger partial charge in [-0.15, -0.1) is 5.10 Å². The van der Waals surface area contributed by atoms with Crippen LogP contribution in [0.3, 0.4) is 0 Å². The van der Waals surface area contributed by atoms with E-state index in [1.807, 2.05) is 19.1 Å². The van der Waals surface area contributed by atoms with Crippen LogP contribution >= 0.6 is 0 Å². The number of aromatic nitrogens is 3. The lowest BCUT2D eigenvalue weighted by atomic mass is 10.2. The molecule has 0 saturated heterocycles. The molecule has 0 aliphatic heterocycles. The second-order valence-corrected chi connectivity index (χ2v) is 4.72. The summed E-state index contributed by atoms with van der Waals surface area (Å²) in [5, 5.41) is 10.4. The van der Waals surface area contributed by atoms with Crippen molar-refractivity contribution >= 4 is 17.9 Å². The maximum Gasteiger partial charge on any atom is 0.249 e. The van der Waals surface area contributed by atoms with E-state index in [4.69, 9.17) is 4.74 Å². The highest BCUT2D eigenvalue weighted by atomic mass is 16.5. The molecule has 0 aliphatic carbocycles. The van der Waals surface area contributed by atoms with Crippen LogP contribution in [-0.4, -0.2) is 33.8 Å². The van der Waals surface area contributed by atoms with Crippen LogP contribution in [0.15, 0.2) is 24.3 Å². The van der Waals surface area contributed by atoms with E-state index < -0.39 is 6.04 Å². The monoisotopic (exact) mass is 302 g/mol. The molecule has 7 heteroatoms. The highest BCUT2D eigenvalue weighted by molar-refractivity contribution is 5.94. The Morgan fingerprint density at radius 1 is 1.45 bits per heavy atom. The van der Waals surface area contributed by atoms with Crippen LogP contribution in [0.4, 0.5) is 5.69 Å². The third-order valence-electron chi connectivity index (χ3n) is 3.27. The Kier molecular flexibility index (Phi) is 4.88. The zero-order valence-corrected chi connectivity index (χ0v) is 12.7. The van der Waals surface area contributed by atoms with Gasteiger partial charge in [0.25, 0.3) is 0 Å². The second-order valence-electron chi connectivity index (χ2n) is 4.72. The number of aldehydes is 1. The molecule has 1 aromatic carbocycles. The number of anilines is 1. The van der Waals surface area contributed by atoms with Crippen molar-refractivity contribution in [2.45, 2.75) is 26.8 Å². The summed E-state index contributed by atoms with van der Waals surface area (Å²) in [7, 11) is 0. The topological polar surface area (TPSA) is 86.1 Å². The fourth-order valence-corrected chi connectivity index (χ4v) is 2.03. The molecule has 0 aliphatic rings. The SMILES string of the molecule is CCOc1ccccc1NC(=O)C(C)n1nnc(C=O)c1C. The molecule has 1 amide bonds. The van der Waals surface area contributed by atoms with E-state index in [1.54, 1.807) is 26.0 Å². The van der Waals surface area contributed by atoms with E-state index in [0.29, 0.717) is 30.0 Å². The van der Waals surface area contributed by atoms with Gasteiger partial charge in [0.2, 0.25) is 5.91 Å². The first-order valence-corrected chi connectivity index (χ1v) is 6.98. The van der Waals surface area contributed by atoms with Gasteiger partial charge in [-0.1, -0.05) is 17.3 Å². The first-order chi connectivity index (χ1) is 10.6. The van der Waals surface area contributed by atoms with Gasteiger partial charge in [-0.25, -0.2) is 4.68 Å². The number of rotatable bonds is 6. The molecule has 2 rings (SSSR count). The summed E-state index contributed by atoms with van der Waals surface area (Å²) in [6.07, 6.45) is 0.619. The van der Waals surface area contributed by atoms with Gasteiger partial charge in [-0.05, 0) is 32.9 Å². The largest absolute Gasteiger partial charge is 0.492 e. The third-order valence-corrected chi connectivity index (χ3v) is 3.27. The lowest BCUT2D eigenvalue weighted by molar-refractivity contribution is -0.119. The smallest absolute Gasteiger partial charge is 0.249 e. The van der Waals surface area contributed by atoms with E-state index in [-0.39, 0.29) is 11.6 Å². The third kappa shape index (κ3) is 3.13. The van der Waals surface area contributed by atoms with Crippen molar-refractivity contribution in [1.29, 1.82) is 0 Å². The van der Waals surface area contributed by atoms with Crippen LogP contribution in [-0.2, 0) is 4.79 Å². The fraction of sp³-hybridized carbons (Fsp3) is 0.333. The Hall–Kier alpha value is -2.70. The van der Waals surface area contributed by atoms with Crippen molar-refractivity contribution in [2.24, 2.45) is 0 Å². The van der Waals surface area contributed by atoms with Gasteiger partial charge in [-0.2, -0.15) is 0 Å². The molecule has 1 heterocycles. The van der Waals surface area contributed by atoms with Gasteiger partial charge < -0.3 is 10.1 Å². The molecule has 7 nitrogen and oxygen atoms in total. The summed E-state index contributed by atoms with van der Waals surface area (Å²) in [5.74, 6) is 0.340. The van der Waals surface area contributed by atoms with Crippen LogP contribution in [0, 0.1) is 6.92 Å². The predicted octanol–water partition coefficient (Wildman–Crippen LogP) is 2.00. The predicted molar refractivity (Wildman–Crippen MR) is 81.1 cm³/mol. The molecule has 1 atom stereocenters. The number of nitrogens with zero attached hydrogens (tertiary/aromatic N) is 3. The summed E-state index contributed by atoms with van der Waals surface area (Å²) in [5.41, 5.74) is 1.37. The zero-order valence-electron chi connectivity index (χ0n) is 12.7. The number of benzene rings is 1. The molecular weight excluding hydrogens is 284 g/mol. The van der Waals surface area contributed by atoms with Gasteiger partial charge in [0.05, 0.1) is 18.0 Å². The minimum absolute atomic E-state index is 0.231. The highest BCUT2D eigenvalue weighted by Gasteiger charge is 2.21. The number of ether oxygens (including phenoxy) is 1. The van der Waals surface area contributed by atoms with Gasteiger partial charge >= 0.3 is 0 Å². The zero-order chi connectivity index (χ0) is 16.1.